The molecule has 1 fully saturated rings. The number of hydrogen-bond acceptors (Lipinski definition) is 6. The molecular formula is C16H25BN2O6S. The molecular weight excluding hydrogens is 359 g/mol. The van der Waals surface area contributed by atoms with Gasteiger partial charge in [-0.05, 0) is 44.8 Å². The molecule has 10 heteroatoms. The van der Waals surface area contributed by atoms with Crippen LogP contribution in [-0.2, 0) is 14.8 Å². The summed E-state index contributed by atoms with van der Waals surface area (Å²) < 4.78 is 32.4. The SMILES string of the molecule is Cc1cc(B(O)O)ccc1S(=O)(=O)N1CCN(C(=O)OC(C)(C)C)CC1. The van der Waals surface area contributed by atoms with Crippen LogP contribution < -0.4 is 5.46 Å². The number of benzene rings is 1. The molecule has 0 unspecified atom stereocenters. The molecule has 0 spiro atoms. The van der Waals surface area contributed by atoms with E-state index in [1.807, 2.05) is 0 Å². The highest BCUT2D eigenvalue weighted by molar-refractivity contribution is 7.89. The summed E-state index contributed by atoms with van der Waals surface area (Å²) in [5.41, 5.74) is 0.0672. The predicted octanol–water partition coefficient (Wildman–Crippen LogP) is -0.0838. The normalized spacial score (nSPS) is 16.5. The minimum Gasteiger partial charge on any atom is -0.444 e. The van der Waals surface area contributed by atoms with Crippen molar-refractivity contribution in [2.75, 3.05) is 26.2 Å². The van der Waals surface area contributed by atoms with E-state index in [-0.39, 0.29) is 36.5 Å². The van der Waals surface area contributed by atoms with Crippen LogP contribution in [0.1, 0.15) is 26.3 Å². The van der Waals surface area contributed by atoms with Crippen LogP contribution in [0.5, 0.6) is 0 Å². The highest BCUT2D eigenvalue weighted by Gasteiger charge is 2.32. The van der Waals surface area contributed by atoms with Gasteiger partial charge in [-0.1, -0.05) is 12.1 Å². The van der Waals surface area contributed by atoms with E-state index in [9.17, 15) is 23.3 Å². The third kappa shape index (κ3) is 4.76. The second-order valence-electron chi connectivity index (χ2n) is 7.27. The van der Waals surface area contributed by atoms with Crippen LogP contribution in [0.2, 0.25) is 0 Å². The zero-order chi connectivity index (χ0) is 19.7. The van der Waals surface area contributed by atoms with Gasteiger partial charge in [-0.15, -0.1) is 0 Å². The number of amides is 1. The fourth-order valence-corrected chi connectivity index (χ4v) is 4.33. The summed E-state index contributed by atoms with van der Waals surface area (Å²) in [6.45, 7) is 7.79. The van der Waals surface area contributed by atoms with Gasteiger partial charge in [-0.3, -0.25) is 0 Å². The van der Waals surface area contributed by atoms with Crippen molar-refractivity contribution in [1.29, 1.82) is 0 Å². The van der Waals surface area contributed by atoms with Crippen molar-refractivity contribution in [1.82, 2.24) is 9.21 Å². The first-order valence-corrected chi connectivity index (χ1v) is 9.80. The average Bonchev–Trinajstić information content (AvgIpc) is 2.53. The molecule has 1 aliphatic rings. The summed E-state index contributed by atoms with van der Waals surface area (Å²) in [7, 11) is -5.38. The van der Waals surface area contributed by atoms with Crippen LogP contribution in [0.3, 0.4) is 0 Å². The van der Waals surface area contributed by atoms with Gasteiger partial charge in [0.15, 0.2) is 0 Å². The van der Waals surface area contributed by atoms with Crippen molar-refractivity contribution in [3.8, 4) is 0 Å². The number of piperazine rings is 1. The van der Waals surface area contributed by atoms with Gasteiger partial charge in [0, 0.05) is 26.2 Å². The molecule has 144 valence electrons. The lowest BCUT2D eigenvalue weighted by atomic mass is 9.80. The number of aryl methyl sites for hydroxylation is 1. The van der Waals surface area contributed by atoms with Gasteiger partial charge in [0.25, 0.3) is 0 Å². The molecule has 1 amide bonds. The molecule has 0 aromatic heterocycles. The maximum atomic E-state index is 12.9. The molecule has 0 radical (unpaired) electrons. The first-order valence-electron chi connectivity index (χ1n) is 8.36. The highest BCUT2D eigenvalue weighted by atomic mass is 32.2. The van der Waals surface area contributed by atoms with Gasteiger partial charge < -0.3 is 19.7 Å². The summed E-state index contributed by atoms with van der Waals surface area (Å²) in [4.78, 5) is 13.7. The van der Waals surface area contributed by atoms with Gasteiger partial charge in [0.05, 0.1) is 4.90 Å². The molecule has 0 saturated carbocycles. The molecule has 2 N–H and O–H groups in total. The Kier molecular flexibility index (Phi) is 6.01. The quantitative estimate of drug-likeness (QED) is 0.706. The van der Waals surface area contributed by atoms with Crippen molar-refractivity contribution in [2.24, 2.45) is 0 Å². The van der Waals surface area contributed by atoms with Crippen LogP contribution in [0, 0.1) is 6.92 Å². The van der Waals surface area contributed by atoms with E-state index < -0.39 is 28.8 Å². The topological polar surface area (TPSA) is 107 Å². The number of carbonyl (C=O) groups excluding carboxylic acids is 1. The zero-order valence-electron chi connectivity index (χ0n) is 15.5. The van der Waals surface area contributed by atoms with E-state index in [1.54, 1.807) is 27.7 Å². The third-order valence-corrected chi connectivity index (χ3v) is 6.06. The largest absolute Gasteiger partial charge is 0.488 e. The molecule has 26 heavy (non-hydrogen) atoms. The Morgan fingerprint density at radius 3 is 2.19 bits per heavy atom. The number of rotatable bonds is 3. The van der Waals surface area contributed by atoms with Crippen molar-refractivity contribution >= 4 is 28.7 Å². The van der Waals surface area contributed by atoms with Crippen LogP contribution in [0.4, 0.5) is 4.79 Å². The first-order chi connectivity index (χ1) is 11.9. The molecule has 2 rings (SSSR count). The summed E-state index contributed by atoms with van der Waals surface area (Å²) in [5.74, 6) is 0. The lowest BCUT2D eigenvalue weighted by molar-refractivity contribution is 0.0192. The van der Waals surface area contributed by atoms with E-state index in [2.05, 4.69) is 0 Å². The Labute approximate surface area is 154 Å². The van der Waals surface area contributed by atoms with E-state index in [0.29, 0.717) is 5.56 Å². The Hall–Kier alpha value is -1.62. The van der Waals surface area contributed by atoms with Gasteiger partial charge in [0.2, 0.25) is 10.0 Å². The molecule has 1 saturated heterocycles. The standard InChI is InChI=1S/C16H25BN2O6S/c1-12-11-13(17(21)22)5-6-14(12)26(23,24)19-9-7-18(8-10-19)15(20)25-16(2,3)4/h5-6,11,21-22H,7-10H2,1-4H3. The maximum absolute atomic E-state index is 12.9. The number of ether oxygens (including phenoxy) is 1. The van der Waals surface area contributed by atoms with Crippen LogP contribution in [0.25, 0.3) is 0 Å². The van der Waals surface area contributed by atoms with Crippen LogP contribution in [0.15, 0.2) is 23.1 Å². The van der Waals surface area contributed by atoms with E-state index in [4.69, 9.17) is 4.74 Å². The zero-order valence-corrected chi connectivity index (χ0v) is 16.3. The molecule has 8 nitrogen and oxygen atoms in total. The molecule has 1 heterocycles. The second kappa shape index (κ2) is 7.55. The van der Waals surface area contributed by atoms with Gasteiger partial charge in [0.1, 0.15) is 5.60 Å². The summed E-state index contributed by atoms with van der Waals surface area (Å²) >= 11 is 0. The fourth-order valence-electron chi connectivity index (χ4n) is 2.70. The van der Waals surface area contributed by atoms with Gasteiger partial charge >= 0.3 is 13.2 Å². The van der Waals surface area contributed by atoms with E-state index >= 15 is 0 Å². The highest BCUT2D eigenvalue weighted by Crippen LogP contribution is 2.21. The number of nitrogens with zero attached hydrogens (tertiary/aromatic N) is 2. The van der Waals surface area contributed by atoms with Crippen LogP contribution in [-0.4, -0.2) is 72.7 Å². The fraction of sp³-hybridized carbons (Fsp3) is 0.562. The predicted molar refractivity (Wildman–Crippen MR) is 97.6 cm³/mol. The van der Waals surface area contributed by atoms with Crippen molar-refractivity contribution in [2.45, 2.75) is 38.2 Å². The summed E-state index contributed by atoms with van der Waals surface area (Å²) in [5, 5.41) is 18.4. The summed E-state index contributed by atoms with van der Waals surface area (Å²) in [6, 6.07) is 4.19. The number of sulfonamides is 1. The molecule has 1 aromatic carbocycles. The van der Waals surface area contributed by atoms with Crippen molar-refractivity contribution < 1.29 is 28.0 Å². The second-order valence-corrected chi connectivity index (χ2v) is 9.18. The Bertz CT molecular complexity index is 767. The minimum absolute atomic E-state index is 0.118. The summed E-state index contributed by atoms with van der Waals surface area (Å²) in [6.07, 6.45) is -0.452. The van der Waals surface area contributed by atoms with Gasteiger partial charge in [-0.25, -0.2) is 13.2 Å². The minimum atomic E-state index is -3.73. The smallest absolute Gasteiger partial charge is 0.444 e. The molecule has 0 bridgehead atoms. The van der Waals surface area contributed by atoms with Crippen LogP contribution >= 0.6 is 0 Å². The van der Waals surface area contributed by atoms with E-state index in [0.717, 1.165) is 0 Å². The third-order valence-electron chi connectivity index (χ3n) is 4.01. The van der Waals surface area contributed by atoms with Crippen molar-refractivity contribution in [3.05, 3.63) is 23.8 Å². The van der Waals surface area contributed by atoms with Gasteiger partial charge in [-0.2, -0.15) is 4.31 Å². The van der Waals surface area contributed by atoms with Crippen molar-refractivity contribution in [3.63, 3.8) is 0 Å². The lowest BCUT2D eigenvalue weighted by Gasteiger charge is -2.35. The molecule has 0 atom stereocenters. The molecule has 1 aromatic rings. The lowest BCUT2D eigenvalue weighted by Crippen LogP contribution is -2.51. The first kappa shape index (κ1) is 20.7. The molecule has 0 aliphatic carbocycles. The molecule has 1 aliphatic heterocycles. The van der Waals surface area contributed by atoms with E-state index in [1.165, 1.54) is 27.4 Å². The number of hydrogen-bond donors (Lipinski definition) is 2. The average molecular weight is 384 g/mol. The maximum Gasteiger partial charge on any atom is 0.488 e. The number of carbonyl (C=O) groups is 1. The Balaban J connectivity index is 2.10. The monoisotopic (exact) mass is 384 g/mol. The Morgan fingerprint density at radius 1 is 1.15 bits per heavy atom. The Morgan fingerprint density at radius 2 is 1.73 bits per heavy atom.